The molecule has 6 atom stereocenters. The average Bonchev–Trinajstić information content (AvgIpc) is 2.84. The highest BCUT2D eigenvalue weighted by Crippen LogP contribution is 2.66. The first kappa shape index (κ1) is 15.2. The summed E-state index contributed by atoms with van der Waals surface area (Å²) in [7, 11) is 0. The number of fused-ring (bicyclic) bond motifs is 5. The molecule has 4 aliphatic carbocycles. The topological polar surface area (TPSA) is 17.1 Å². The summed E-state index contributed by atoms with van der Waals surface area (Å²) in [5.41, 5.74) is 0.735. The van der Waals surface area contributed by atoms with E-state index in [0.717, 1.165) is 30.1 Å². The lowest BCUT2D eigenvalue weighted by Crippen LogP contribution is -2.53. The molecule has 4 aliphatic rings. The van der Waals surface area contributed by atoms with Gasteiger partial charge in [-0.15, -0.1) is 0 Å². The Labute approximate surface area is 136 Å². The third-order valence-electron chi connectivity index (χ3n) is 8.72. The molecule has 0 aromatic carbocycles. The van der Waals surface area contributed by atoms with Crippen molar-refractivity contribution in [2.75, 3.05) is 0 Å². The van der Waals surface area contributed by atoms with Gasteiger partial charge in [0.15, 0.2) is 0 Å². The maximum absolute atomic E-state index is 12.8. The van der Waals surface area contributed by atoms with Gasteiger partial charge in [0.2, 0.25) is 0 Å². The van der Waals surface area contributed by atoms with E-state index in [9.17, 15) is 4.79 Å². The van der Waals surface area contributed by atoms with Crippen LogP contribution in [0.2, 0.25) is 0 Å². The normalized spacial score (nSPS) is 51.1. The molecule has 0 aromatic rings. The van der Waals surface area contributed by atoms with E-state index in [0.29, 0.717) is 11.2 Å². The molecule has 0 bridgehead atoms. The van der Waals surface area contributed by atoms with E-state index in [1.54, 1.807) is 0 Å². The summed E-state index contributed by atoms with van der Waals surface area (Å²) in [6.45, 7) is 4.92. The highest BCUT2D eigenvalue weighted by Gasteiger charge is 2.60. The number of Topliss-reactive ketones (excluding diaryl/α,β-unsaturated/α-hetero) is 1. The van der Waals surface area contributed by atoms with Crippen LogP contribution in [0.1, 0.15) is 90.9 Å². The van der Waals surface area contributed by atoms with Crippen molar-refractivity contribution in [1.29, 1.82) is 0 Å². The summed E-state index contributed by atoms with van der Waals surface area (Å²) in [6.07, 6.45) is 15.9. The van der Waals surface area contributed by atoms with Crippen LogP contribution in [0, 0.1) is 34.5 Å². The lowest BCUT2D eigenvalue weighted by Gasteiger charge is -2.60. The Bertz CT molecular complexity index is 455. The number of carbonyl (C=O) groups is 1. The van der Waals surface area contributed by atoms with E-state index in [1.165, 1.54) is 70.6 Å². The number of hydrogen-bond donors (Lipinski definition) is 0. The van der Waals surface area contributed by atoms with E-state index in [2.05, 4.69) is 13.8 Å². The van der Waals surface area contributed by atoms with Crippen LogP contribution in [0.15, 0.2) is 0 Å². The molecule has 0 N–H and O–H groups in total. The van der Waals surface area contributed by atoms with Crippen molar-refractivity contribution in [2.45, 2.75) is 90.9 Å². The van der Waals surface area contributed by atoms with E-state index in [1.807, 2.05) is 0 Å². The highest BCUT2D eigenvalue weighted by molar-refractivity contribution is 5.87. The predicted molar refractivity (Wildman–Crippen MR) is 90.6 cm³/mol. The molecular weight excluding hydrogens is 268 g/mol. The van der Waals surface area contributed by atoms with Gasteiger partial charge < -0.3 is 0 Å². The van der Waals surface area contributed by atoms with Crippen molar-refractivity contribution in [1.82, 2.24) is 0 Å². The van der Waals surface area contributed by atoms with Crippen LogP contribution in [0.5, 0.6) is 0 Å². The van der Waals surface area contributed by atoms with Gasteiger partial charge in [0.05, 0.1) is 0 Å². The SMILES string of the molecule is CCC[C@]12CC[C@H]3[C@@H](CCC4CCCC[C@@]43C)[C@@H]1CCC2=O. The van der Waals surface area contributed by atoms with Crippen molar-refractivity contribution < 1.29 is 4.79 Å². The minimum Gasteiger partial charge on any atom is -0.299 e. The molecule has 0 radical (unpaired) electrons. The smallest absolute Gasteiger partial charge is 0.139 e. The zero-order valence-corrected chi connectivity index (χ0v) is 14.7. The minimum atomic E-state index is 0.119. The lowest BCUT2D eigenvalue weighted by molar-refractivity contribution is -0.142. The second-order valence-corrected chi connectivity index (χ2v) is 9.31. The molecule has 0 heterocycles. The first-order chi connectivity index (χ1) is 10.6. The first-order valence-electron chi connectivity index (χ1n) is 10.1. The summed E-state index contributed by atoms with van der Waals surface area (Å²) < 4.78 is 0. The maximum atomic E-state index is 12.8. The molecule has 4 rings (SSSR count). The van der Waals surface area contributed by atoms with Crippen molar-refractivity contribution >= 4 is 5.78 Å². The van der Waals surface area contributed by atoms with Gasteiger partial charge in [-0.05, 0) is 80.5 Å². The fraction of sp³-hybridized carbons (Fsp3) is 0.952. The van der Waals surface area contributed by atoms with Crippen LogP contribution < -0.4 is 0 Å². The molecule has 22 heavy (non-hydrogen) atoms. The van der Waals surface area contributed by atoms with E-state index in [4.69, 9.17) is 0 Å². The Morgan fingerprint density at radius 2 is 1.86 bits per heavy atom. The van der Waals surface area contributed by atoms with Gasteiger partial charge in [0, 0.05) is 11.8 Å². The van der Waals surface area contributed by atoms with Crippen LogP contribution in [0.3, 0.4) is 0 Å². The molecular formula is C21H34O. The molecule has 0 amide bonds. The fourth-order valence-electron chi connectivity index (χ4n) is 7.78. The van der Waals surface area contributed by atoms with Crippen LogP contribution in [0.4, 0.5) is 0 Å². The quantitative estimate of drug-likeness (QED) is 0.633. The monoisotopic (exact) mass is 302 g/mol. The van der Waals surface area contributed by atoms with Crippen molar-refractivity contribution in [3.05, 3.63) is 0 Å². The Balaban J connectivity index is 1.65. The molecule has 0 aromatic heterocycles. The average molecular weight is 303 g/mol. The molecule has 4 saturated carbocycles. The molecule has 0 spiro atoms. The van der Waals surface area contributed by atoms with Gasteiger partial charge in [-0.25, -0.2) is 0 Å². The second-order valence-electron chi connectivity index (χ2n) is 9.31. The number of ketones is 1. The van der Waals surface area contributed by atoms with E-state index >= 15 is 0 Å². The van der Waals surface area contributed by atoms with Gasteiger partial charge in [-0.1, -0.05) is 33.1 Å². The van der Waals surface area contributed by atoms with Gasteiger partial charge in [-0.2, -0.15) is 0 Å². The standard InChI is InChI=1S/C21H34O/c1-3-12-21-14-11-17-16(18(21)9-10-19(21)22)8-7-15-6-4-5-13-20(15,17)2/h15-18H,3-14H2,1-2H3/t15?,16-,17+,18+,20+,21+/m1/s1. The second kappa shape index (κ2) is 5.35. The largest absolute Gasteiger partial charge is 0.299 e. The molecule has 0 saturated heterocycles. The third kappa shape index (κ3) is 1.93. The predicted octanol–water partition coefficient (Wildman–Crippen LogP) is 5.77. The van der Waals surface area contributed by atoms with Gasteiger partial charge in [-0.3, -0.25) is 4.79 Å². The van der Waals surface area contributed by atoms with Crippen LogP contribution in [0.25, 0.3) is 0 Å². The maximum Gasteiger partial charge on any atom is 0.139 e. The summed E-state index contributed by atoms with van der Waals surface area (Å²) in [5, 5.41) is 0. The fourth-order valence-corrected chi connectivity index (χ4v) is 7.78. The van der Waals surface area contributed by atoms with Crippen LogP contribution in [-0.4, -0.2) is 5.78 Å². The van der Waals surface area contributed by atoms with Gasteiger partial charge >= 0.3 is 0 Å². The molecule has 1 nitrogen and oxygen atoms in total. The van der Waals surface area contributed by atoms with E-state index < -0.39 is 0 Å². The molecule has 0 aliphatic heterocycles. The zero-order chi connectivity index (χ0) is 15.4. The Morgan fingerprint density at radius 1 is 1.00 bits per heavy atom. The highest BCUT2D eigenvalue weighted by atomic mass is 16.1. The zero-order valence-electron chi connectivity index (χ0n) is 14.7. The summed E-state index contributed by atoms with van der Waals surface area (Å²) in [6, 6.07) is 0. The first-order valence-corrected chi connectivity index (χ1v) is 10.1. The molecule has 124 valence electrons. The summed E-state index contributed by atoms with van der Waals surface area (Å²) in [5.74, 6) is 4.21. The number of carbonyl (C=O) groups excluding carboxylic acids is 1. The van der Waals surface area contributed by atoms with Crippen LogP contribution >= 0.6 is 0 Å². The van der Waals surface area contributed by atoms with E-state index in [-0.39, 0.29) is 5.41 Å². The Kier molecular flexibility index (Phi) is 3.70. The number of hydrogen-bond acceptors (Lipinski definition) is 1. The van der Waals surface area contributed by atoms with Crippen LogP contribution in [-0.2, 0) is 4.79 Å². The summed E-state index contributed by atoms with van der Waals surface area (Å²) >= 11 is 0. The summed E-state index contributed by atoms with van der Waals surface area (Å²) in [4.78, 5) is 12.8. The van der Waals surface area contributed by atoms with Gasteiger partial charge in [0.1, 0.15) is 5.78 Å². The van der Waals surface area contributed by atoms with Crippen molar-refractivity contribution in [2.24, 2.45) is 34.5 Å². The molecule has 1 heteroatoms. The Morgan fingerprint density at radius 3 is 2.68 bits per heavy atom. The third-order valence-corrected chi connectivity index (χ3v) is 8.72. The number of rotatable bonds is 2. The Hall–Kier alpha value is -0.330. The van der Waals surface area contributed by atoms with Gasteiger partial charge in [0.25, 0.3) is 0 Å². The van der Waals surface area contributed by atoms with Crippen molar-refractivity contribution in [3.8, 4) is 0 Å². The lowest BCUT2D eigenvalue weighted by atomic mass is 9.45. The molecule has 1 unspecified atom stereocenters. The van der Waals surface area contributed by atoms with Crippen molar-refractivity contribution in [3.63, 3.8) is 0 Å². The minimum absolute atomic E-state index is 0.119. The molecule has 4 fully saturated rings.